The molecule has 0 rings (SSSR count). The smallest absolute Gasteiger partial charge is 0.0596 e. The van der Waals surface area contributed by atoms with E-state index in [1.54, 1.807) is 0 Å². The Morgan fingerprint density at radius 3 is 1.75 bits per heavy atom. The SMILES string of the molecule is CCCCCCCCCCCCCC[C@@H](O)CN=[N+]=[N-]. The summed E-state index contributed by atoms with van der Waals surface area (Å²) < 4.78 is 0. The predicted octanol–water partition coefficient (Wildman–Crippen LogP) is 5.75. The van der Waals surface area contributed by atoms with Crippen LogP contribution in [0.4, 0.5) is 0 Å². The first-order chi connectivity index (χ1) is 9.81. The van der Waals surface area contributed by atoms with Gasteiger partial charge >= 0.3 is 0 Å². The van der Waals surface area contributed by atoms with Crippen LogP contribution in [0, 0.1) is 0 Å². The van der Waals surface area contributed by atoms with Crippen LogP contribution in [0.25, 0.3) is 10.4 Å². The standard InChI is InChI=1S/C16H33N3O/c1-2-3-4-5-6-7-8-9-10-11-12-13-14-16(20)15-18-19-17/h16,20H,2-15H2,1H3/t16-/m1/s1. The normalized spacial score (nSPS) is 12.1. The highest BCUT2D eigenvalue weighted by Crippen LogP contribution is 2.13. The number of aliphatic hydroxyl groups is 1. The molecular formula is C16H33N3O. The van der Waals surface area contributed by atoms with E-state index < -0.39 is 6.10 Å². The number of rotatable bonds is 15. The molecule has 1 atom stereocenters. The lowest BCUT2D eigenvalue weighted by atomic mass is 10.0. The molecule has 0 spiro atoms. The molecule has 0 aliphatic rings. The van der Waals surface area contributed by atoms with Gasteiger partial charge in [-0.25, -0.2) is 0 Å². The minimum Gasteiger partial charge on any atom is -0.393 e. The van der Waals surface area contributed by atoms with Gasteiger partial charge in [0.05, 0.1) is 12.6 Å². The minimum absolute atomic E-state index is 0.217. The van der Waals surface area contributed by atoms with Crippen LogP contribution in [0.3, 0.4) is 0 Å². The average molecular weight is 283 g/mol. The van der Waals surface area contributed by atoms with Gasteiger partial charge < -0.3 is 5.11 Å². The van der Waals surface area contributed by atoms with Gasteiger partial charge in [-0.05, 0) is 12.0 Å². The first-order valence-electron chi connectivity index (χ1n) is 8.50. The van der Waals surface area contributed by atoms with E-state index in [-0.39, 0.29) is 6.54 Å². The molecule has 4 nitrogen and oxygen atoms in total. The second-order valence-corrected chi connectivity index (χ2v) is 5.75. The lowest BCUT2D eigenvalue weighted by molar-refractivity contribution is 0.168. The fraction of sp³-hybridized carbons (Fsp3) is 1.00. The molecule has 0 bridgehead atoms. The van der Waals surface area contributed by atoms with Gasteiger partial charge in [-0.1, -0.05) is 89.1 Å². The largest absolute Gasteiger partial charge is 0.393 e. The molecule has 118 valence electrons. The molecule has 0 aromatic carbocycles. The summed E-state index contributed by atoms with van der Waals surface area (Å²) >= 11 is 0. The maximum Gasteiger partial charge on any atom is 0.0596 e. The second kappa shape index (κ2) is 16.3. The van der Waals surface area contributed by atoms with Crippen molar-refractivity contribution in [2.24, 2.45) is 5.11 Å². The highest BCUT2D eigenvalue weighted by atomic mass is 16.3. The van der Waals surface area contributed by atoms with E-state index in [2.05, 4.69) is 16.9 Å². The lowest BCUT2D eigenvalue weighted by Crippen LogP contribution is -2.09. The van der Waals surface area contributed by atoms with Gasteiger partial charge in [0.15, 0.2) is 0 Å². The predicted molar refractivity (Wildman–Crippen MR) is 85.7 cm³/mol. The number of aliphatic hydroxyl groups excluding tert-OH is 1. The Morgan fingerprint density at radius 1 is 0.850 bits per heavy atom. The van der Waals surface area contributed by atoms with Gasteiger partial charge in [0.25, 0.3) is 0 Å². The van der Waals surface area contributed by atoms with E-state index >= 15 is 0 Å². The maximum atomic E-state index is 9.48. The van der Waals surface area contributed by atoms with Crippen molar-refractivity contribution in [1.82, 2.24) is 0 Å². The van der Waals surface area contributed by atoms with Crippen LogP contribution >= 0.6 is 0 Å². The van der Waals surface area contributed by atoms with Crippen molar-refractivity contribution in [2.75, 3.05) is 6.54 Å². The quantitative estimate of drug-likeness (QED) is 0.177. The van der Waals surface area contributed by atoms with Crippen LogP contribution in [0.15, 0.2) is 5.11 Å². The van der Waals surface area contributed by atoms with Crippen LogP contribution in [-0.2, 0) is 0 Å². The zero-order valence-electron chi connectivity index (χ0n) is 13.3. The fourth-order valence-corrected chi connectivity index (χ4v) is 2.44. The van der Waals surface area contributed by atoms with Crippen LogP contribution in [0.2, 0.25) is 0 Å². The molecule has 0 saturated carbocycles. The Kier molecular flexibility index (Phi) is 15.7. The van der Waals surface area contributed by atoms with E-state index in [9.17, 15) is 5.11 Å². The van der Waals surface area contributed by atoms with E-state index in [4.69, 9.17) is 5.53 Å². The summed E-state index contributed by atoms with van der Waals surface area (Å²) in [5.41, 5.74) is 8.14. The van der Waals surface area contributed by atoms with Crippen LogP contribution < -0.4 is 0 Å². The Hall–Kier alpha value is -0.730. The summed E-state index contributed by atoms with van der Waals surface area (Å²) in [5.74, 6) is 0. The highest BCUT2D eigenvalue weighted by Gasteiger charge is 2.01. The van der Waals surface area contributed by atoms with Crippen molar-refractivity contribution >= 4 is 0 Å². The third kappa shape index (κ3) is 15.3. The van der Waals surface area contributed by atoms with Crippen molar-refractivity contribution in [3.05, 3.63) is 10.4 Å². The number of nitrogens with zero attached hydrogens (tertiary/aromatic N) is 3. The average Bonchev–Trinajstić information content (AvgIpc) is 2.46. The molecule has 0 radical (unpaired) electrons. The number of hydrogen-bond acceptors (Lipinski definition) is 2. The molecule has 0 aromatic rings. The summed E-state index contributed by atoms with van der Waals surface area (Å²) in [6, 6.07) is 0. The zero-order valence-corrected chi connectivity index (χ0v) is 13.3. The summed E-state index contributed by atoms with van der Waals surface area (Å²) in [6.45, 7) is 2.48. The molecule has 1 N–H and O–H groups in total. The molecule has 0 unspecified atom stereocenters. The molecule has 0 fully saturated rings. The summed E-state index contributed by atoms with van der Waals surface area (Å²) in [5, 5.41) is 12.9. The topological polar surface area (TPSA) is 69.0 Å². The third-order valence-electron chi connectivity index (χ3n) is 3.75. The van der Waals surface area contributed by atoms with Crippen molar-refractivity contribution in [2.45, 2.75) is 96.5 Å². The van der Waals surface area contributed by atoms with Crippen molar-refractivity contribution in [3.63, 3.8) is 0 Å². The molecule has 0 aromatic heterocycles. The van der Waals surface area contributed by atoms with E-state index in [1.807, 2.05) is 0 Å². The van der Waals surface area contributed by atoms with E-state index in [0.717, 1.165) is 12.8 Å². The Labute approximate surface area is 124 Å². The number of unbranched alkanes of at least 4 members (excludes halogenated alkanes) is 11. The van der Waals surface area contributed by atoms with Gasteiger partial charge in [-0.2, -0.15) is 0 Å². The fourth-order valence-electron chi connectivity index (χ4n) is 2.44. The maximum absolute atomic E-state index is 9.48. The minimum atomic E-state index is -0.450. The Balaban J connectivity index is 3.07. The first-order valence-corrected chi connectivity index (χ1v) is 8.50. The number of hydrogen-bond donors (Lipinski definition) is 1. The molecule has 0 amide bonds. The molecule has 0 aliphatic heterocycles. The molecule has 0 aliphatic carbocycles. The van der Waals surface area contributed by atoms with Gasteiger partial charge in [0.2, 0.25) is 0 Å². The van der Waals surface area contributed by atoms with E-state index in [1.165, 1.54) is 70.6 Å². The molecular weight excluding hydrogens is 250 g/mol. The highest BCUT2D eigenvalue weighted by molar-refractivity contribution is 4.60. The van der Waals surface area contributed by atoms with E-state index in [0.29, 0.717) is 0 Å². The molecule has 4 heteroatoms. The summed E-state index contributed by atoms with van der Waals surface area (Å²) in [7, 11) is 0. The van der Waals surface area contributed by atoms with Crippen LogP contribution in [0.1, 0.15) is 90.4 Å². The number of azide groups is 1. The monoisotopic (exact) mass is 283 g/mol. The van der Waals surface area contributed by atoms with Crippen molar-refractivity contribution in [3.8, 4) is 0 Å². The molecule has 0 heterocycles. The third-order valence-corrected chi connectivity index (χ3v) is 3.75. The van der Waals surface area contributed by atoms with Gasteiger partial charge in [0, 0.05) is 4.91 Å². The Bertz CT molecular complexity index is 240. The van der Waals surface area contributed by atoms with Crippen LogP contribution in [0.5, 0.6) is 0 Å². The Morgan fingerprint density at radius 2 is 1.30 bits per heavy atom. The first kappa shape index (κ1) is 19.3. The van der Waals surface area contributed by atoms with Crippen LogP contribution in [-0.4, -0.2) is 17.8 Å². The molecule has 20 heavy (non-hydrogen) atoms. The van der Waals surface area contributed by atoms with Crippen molar-refractivity contribution in [1.29, 1.82) is 0 Å². The summed E-state index contributed by atoms with van der Waals surface area (Å²) in [6.07, 6.45) is 16.2. The summed E-state index contributed by atoms with van der Waals surface area (Å²) in [4.78, 5) is 2.65. The zero-order chi connectivity index (χ0) is 14.9. The van der Waals surface area contributed by atoms with Crippen molar-refractivity contribution < 1.29 is 5.11 Å². The van der Waals surface area contributed by atoms with Gasteiger partial charge in [-0.3, -0.25) is 0 Å². The second-order valence-electron chi connectivity index (χ2n) is 5.75. The molecule has 0 saturated heterocycles. The van der Waals surface area contributed by atoms with Gasteiger partial charge in [0.1, 0.15) is 0 Å². The lowest BCUT2D eigenvalue weighted by Gasteiger charge is -2.06. The van der Waals surface area contributed by atoms with Gasteiger partial charge in [-0.15, -0.1) is 0 Å².